The Balaban J connectivity index is 2.88. The van der Waals surface area contributed by atoms with E-state index in [2.05, 4.69) is 16.0 Å². The van der Waals surface area contributed by atoms with Crippen molar-refractivity contribution in [2.24, 2.45) is 5.73 Å². The summed E-state index contributed by atoms with van der Waals surface area (Å²) >= 11 is 0. The molecule has 15 nitrogen and oxygen atoms in total. The average Bonchev–Trinajstić information content (AvgIpc) is 3.32. The number of carbonyl (C=O) groups is 6. The Morgan fingerprint density at radius 2 is 1.65 bits per heavy atom. The molecule has 37 heavy (non-hydrogen) atoms. The number of likely N-dealkylation sites (tertiary alicyclic amines) is 1. The van der Waals surface area contributed by atoms with Gasteiger partial charge in [-0.25, -0.2) is 4.79 Å². The Morgan fingerprint density at radius 3 is 2.22 bits per heavy atom. The highest BCUT2D eigenvalue weighted by Gasteiger charge is 2.37. The van der Waals surface area contributed by atoms with Crippen molar-refractivity contribution < 1.29 is 49.2 Å². The van der Waals surface area contributed by atoms with Crippen LogP contribution in [0.15, 0.2) is 0 Å². The average molecular weight is 532 g/mol. The van der Waals surface area contributed by atoms with Crippen molar-refractivity contribution >= 4 is 35.6 Å². The summed E-state index contributed by atoms with van der Waals surface area (Å²) in [6, 6.07) is -4.28. The third kappa shape index (κ3) is 11.5. The molecule has 15 heteroatoms. The van der Waals surface area contributed by atoms with Crippen LogP contribution in [-0.2, 0) is 28.8 Å². The smallest absolute Gasteiger partial charge is 0.326 e. The maximum Gasteiger partial charge on any atom is 0.326 e. The molecule has 0 spiro atoms. The summed E-state index contributed by atoms with van der Waals surface area (Å²) in [6.45, 7) is -0.321. The maximum absolute atomic E-state index is 13.1. The lowest BCUT2D eigenvalue weighted by molar-refractivity contribution is -0.149. The number of nitrogens with one attached hydrogen (secondary N) is 3. The minimum absolute atomic E-state index is 0.173. The zero-order valence-electron chi connectivity index (χ0n) is 20.6. The number of nitrogens with two attached hydrogens (primary N) is 1. The largest absolute Gasteiger partial charge is 0.481 e. The van der Waals surface area contributed by atoms with Gasteiger partial charge in [-0.2, -0.15) is 0 Å². The lowest BCUT2D eigenvalue weighted by Gasteiger charge is -2.29. The number of hydrogen-bond acceptors (Lipinski definition) is 9. The Hall–Kier alpha value is -3.30. The van der Waals surface area contributed by atoms with Crippen molar-refractivity contribution in [2.75, 3.05) is 26.2 Å². The van der Waals surface area contributed by atoms with Crippen LogP contribution in [-0.4, -0.2) is 111 Å². The summed E-state index contributed by atoms with van der Waals surface area (Å²) in [4.78, 5) is 72.3. The van der Waals surface area contributed by atoms with Crippen molar-refractivity contribution in [3.05, 3.63) is 0 Å². The van der Waals surface area contributed by atoms with E-state index in [9.17, 15) is 44.1 Å². The molecule has 0 saturated carbocycles. The van der Waals surface area contributed by atoms with E-state index in [4.69, 9.17) is 10.8 Å². The maximum atomic E-state index is 13.1. The van der Waals surface area contributed by atoms with E-state index >= 15 is 0 Å². The van der Waals surface area contributed by atoms with Crippen LogP contribution in [0.5, 0.6) is 0 Å². The Kier molecular flexibility index (Phi) is 14.1. The number of nitrogens with zero attached hydrogens (tertiary/aromatic N) is 1. The fourth-order valence-corrected chi connectivity index (χ4v) is 3.95. The van der Waals surface area contributed by atoms with E-state index in [1.165, 1.54) is 4.90 Å². The minimum Gasteiger partial charge on any atom is -0.481 e. The van der Waals surface area contributed by atoms with Crippen LogP contribution >= 0.6 is 0 Å². The SMILES string of the molecule is NCCCC[C@H](NC[C@H](CC(=O)O)NC(=O)[C@H](CO)NC(=O)CCC(=O)O)C(=O)N1CCC[C@H]1C(=O)O. The quantitative estimate of drug-likeness (QED) is 0.0851. The summed E-state index contributed by atoms with van der Waals surface area (Å²) < 4.78 is 0. The first-order valence-corrected chi connectivity index (χ1v) is 12.1. The van der Waals surface area contributed by atoms with Gasteiger partial charge in [0, 0.05) is 19.5 Å². The Bertz CT molecular complexity index is 824. The minimum atomic E-state index is -1.44. The number of hydrogen-bond donors (Lipinski definition) is 8. The molecule has 9 N–H and O–H groups in total. The molecule has 1 aliphatic heterocycles. The van der Waals surface area contributed by atoms with Gasteiger partial charge in [-0.05, 0) is 32.2 Å². The van der Waals surface area contributed by atoms with Gasteiger partial charge in [-0.1, -0.05) is 6.42 Å². The van der Waals surface area contributed by atoms with Gasteiger partial charge in [0.1, 0.15) is 12.1 Å². The van der Waals surface area contributed by atoms with Crippen LogP contribution in [0, 0.1) is 0 Å². The molecule has 0 bridgehead atoms. The van der Waals surface area contributed by atoms with Crippen molar-refractivity contribution in [1.82, 2.24) is 20.9 Å². The highest BCUT2D eigenvalue weighted by Crippen LogP contribution is 2.20. The lowest BCUT2D eigenvalue weighted by atomic mass is 10.1. The van der Waals surface area contributed by atoms with Crippen LogP contribution < -0.4 is 21.7 Å². The molecule has 3 amide bonds. The molecule has 1 fully saturated rings. The van der Waals surface area contributed by atoms with Gasteiger partial charge in [0.15, 0.2) is 0 Å². The van der Waals surface area contributed by atoms with Gasteiger partial charge in [-0.3, -0.25) is 24.0 Å². The topological polar surface area (TPSA) is 249 Å². The summed E-state index contributed by atoms with van der Waals surface area (Å²) in [6.07, 6.45) is 0.904. The molecule has 1 heterocycles. The van der Waals surface area contributed by atoms with Crippen LogP contribution in [0.3, 0.4) is 0 Å². The van der Waals surface area contributed by atoms with E-state index in [0.29, 0.717) is 38.6 Å². The standard InChI is InChI=1S/C22H37N5O10/c23-8-2-1-4-14(21(35)27-9-3-5-16(27)22(36)37)24-11-13(10-19(32)33)25-20(34)15(12-28)26-17(29)6-7-18(30)31/h13-16,24,28H,1-12,23H2,(H,25,34)(H,26,29)(H,30,31)(H,32,33)(H,36,37)/t13-,14-,15-,16-/m0/s1. The fraction of sp³-hybridized carbons (Fsp3) is 0.727. The highest BCUT2D eigenvalue weighted by atomic mass is 16.4. The second-order valence-corrected chi connectivity index (χ2v) is 8.77. The predicted octanol–water partition coefficient (Wildman–Crippen LogP) is -2.55. The third-order valence-electron chi connectivity index (χ3n) is 5.84. The summed E-state index contributed by atoms with van der Waals surface area (Å²) in [5, 5.41) is 44.4. The molecule has 0 aliphatic carbocycles. The van der Waals surface area contributed by atoms with Gasteiger partial charge in [0.05, 0.1) is 31.5 Å². The number of aliphatic hydroxyl groups is 1. The molecular weight excluding hydrogens is 494 g/mol. The lowest BCUT2D eigenvalue weighted by Crippen LogP contribution is -2.56. The van der Waals surface area contributed by atoms with Crippen molar-refractivity contribution in [3.63, 3.8) is 0 Å². The van der Waals surface area contributed by atoms with Gasteiger partial charge < -0.3 is 47.0 Å². The summed E-state index contributed by atoms with van der Waals surface area (Å²) in [5.74, 6) is -5.70. The van der Waals surface area contributed by atoms with Crippen molar-refractivity contribution in [2.45, 2.75) is 75.5 Å². The fourth-order valence-electron chi connectivity index (χ4n) is 3.95. The second-order valence-electron chi connectivity index (χ2n) is 8.77. The molecule has 1 rings (SSSR count). The first kappa shape index (κ1) is 31.7. The van der Waals surface area contributed by atoms with Gasteiger partial charge >= 0.3 is 17.9 Å². The van der Waals surface area contributed by atoms with Gasteiger partial charge in [0.25, 0.3) is 0 Å². The molecule has 1 aliphatic rings. The van der Waals surface area contributed by atoms with Crippen molar-refractivity contribution in [1.29, 1.82) is 0 Å². The van der Waals surface area contributed by atoms with E-state index in [1.807, 2.05) is 0 Å². The monoisotopic (exact) mass is 531 g/mol. The van der Waals surface area contributed by atoms with E-state index in [0.717, 1.165) is 0 Å². The molecular formula is C22H37N5O10. The molecule has 0 radical (unpaired) electrons. The van der Waals surface area contributed by atoms with Crippen LogP contribution in [0.1, 0.15) is 51.4 Å². The molecule has 210 valence electrons. The number of carboxylic acid groups (broad SMARTS) is 3. The summed E-state index contributed by atoms with van der Waals surface area (Å²) in [7, 11) is 0. The number of carbonyl (C=O) groups excluding carboxylic acids is 3. The Morgan fingerprint density at radius 1 is 0.946 bits per heavy atom. The van der Waals surface area contributed by atoms with Gasteiger partial charge in [-0.15, -0.1) is 0 Å². The molecule has 0 unspecified atom stereocenters. The Labute approximate surface area is 213 Å². The zero-order valence-corrected chi connectivity index (χ0v) is 20.6. The zero-order chi connectivity index (χ0) is 28.0. The number of unbranched alkanes of at least 4 members (excludes halogenated alkanes) is 1. The van der Waals surface area contributed by atoms with E-state index in [1.54, 1.807) is 0 Å². The van der Waals surface area contributed by atoms with Gasteiger partial charge in [0.2, 0.25) is 17.7 Å². The number of carboxylic acids is 3. The molecule has 1 saturated heterocycles. The van der Waals surface area contributed by atoms with E-state index < -0.39 is 85.7 Å². The first-order chi connectivity index (χ1) is 17.5. The number of aliphatic hydroxyl groups excluding tert-OH is 1. The van der Waals surface area contributed by atoms with Crippen LogP contribution in [0.2, 0.25) is 0 Å². The van der Waals surface area contributed by atoms with Crippen molar-refractivity contribution in [3.8, 4) is 0 Å². The second kappa shape index (κ2) is 16.4. The van der Waals surface area contributed by atoms with Crippen LogP contribution in [0.4, 0.5) is 0 Å². The predicted molar refractivity (Wildman–Crippen MR) is 127 cm³/mol. The molecule has 0 aromatic carbocycles. The highest BCUT2D eigenvalue weighted by molar-refractivity contribution is 5.89. The summed E-state index contributed by atoms with van der Waals surface area (Å²) in [5.41, 5.74) is 5.53. The third-order valence-corrected chi connectivity index (χ3v) is 5.84. The van der Waals surface area contributed by atoms with E-state index in [-0.39, 0.29) is 13.1 Å². The number of amides is 3. The normalized spacial score (nSPS) is 17.5. The van der Waals surface area contributed by atoms with Crippen LogP contribution in [0.25, 0.3) is 0 Å². The first-order valence-electron chi connectivity index (χ1n) is 12.1. The molecule has 4 atom stereocenters. The molecule has 0 aromatic heterocycles. The number of rotatable bonds is 18. The number of aliphatic carboxylic acids is 3. The molecule has 0 aromatic rings.